The molecule has 13 rings (SSSR count). The lowest BCUT2D eigenvalue weighted by Crippen LogP contribution is -2.60. The van der Waals surface area contributed by atoms with Gasteiger partial charge in [-0.3, -0.25) is 39.7 Å². The molecule has 16 nitrogen and oxygen atoms in total. The summed E-state index contributed by atoms with van der Waals surface area (Å²) >= 11 is 0. The molecule has 2 aromatic heterocycles. The van der Waals surface area contributed by atoms with Crippen molar-refractivity contribution >= 4 is 51.1 Å². The summed E-state index contributed by atoms with van der Waals surface area (Å²) in [6, 6.07) is 7.69. The number of amides is 4. The van der Waals surface area contributed by atoms with Gasteiger partial charge < -0.3 is 29.4 Å². The minimum absolute atomic E-state index is 0.0238. The van der Waals surface area contributed by atoms with Crippen LogP contribution in [0.25, 0.3) is 32.9 Å². The second kappa shape index (κ2) is 21.8. The van der Waals surface area contributed by atoms with E-state index in [2.05, 4.69) is 41.1 Å². The Balaban J connectivity index is 0.686. The number of hydrogen-bond acceptors (Lipinski definition) is 13. The fourth-order valence-electron chi connectivity index (χ4n) is 14.9. The Morgan fingerprint density at radius 2 is 1.71 bits per heavy atom. The van der Waals surface area contributed by atoms with Crippen molar-refractivity contribution in [2.75, 3.05) is 63.9 Å². The summed E-state index contributed by atoms with van der Waals surface area (Å²) < 4.78 is 71.4. The molecule has 0 bridgehead atoms. The first-order chi connectivity index (χ1) is 40.1. The summed E-state index contributed by atoms with van der Waals surface area (Å²) in [6.07, 6.45) is 17.3. The molecule has 0 radical (unpaired) electrons. The lowest BCUT2D eigenvalue weighted by molar-refractivity contribution is -0.141. The third kappa shape index (κ3) is 10.0. The molecule has 4 atom stereocenters. The van der Waals surface area contributed by atoms with Crippen molar-refractivity contribution in [2.24, 2.45) is 0 Å². The fraction of sp³-hybridized carbons (Fsp3) is 0.508. The number of nitrogens with zero attached hydrogens (tertiary/aromatic N) is 8. The number of benzene rings is 3. The largest absolute Gasteiger partial charge is 0.508 e. The second-order valence-electron chi connectivity index (χ2n) is 24.5. The molecule has 10 heterocycles. The highest BCUT2D eigenvalue weighted by Gasteiger charge is 2.51. The number of pyridine rings is 1. The van der Waals surface area contributed by atoms with E-state index < -0.39 is 40.8 Å². The van der Waals surface area contributed by atoms with Crippen LogP contribution in [0.5, 0.6) is 11.8 Å². The molecule has 7 saturated heterocycles. The maximum absolute atomic E-state index is 17.6. The summed E-state index contributed by atoms with van der Waals surface area (Å²) in [4.78, 5) is 75.9. The Bertz CT molecular complexity index is 3580. The number of phenols is 1. The van der Waals surface area contributed by atoms with Gasteiger partial charge in [0.25, 0.3) is 5.91 Å². The van der Waals surface area contributed by atoms with Crippen molar-refractivity contribution in [3.8, 4) is 35.4 Å². The number of anilines is 1. The van der Waals surface area contributed by atoms with Gasteiger partial charge in [-0.05, 0) is 175 Å². The van der Waals surface area contributed by atoms with Gasteiger partial charge in [0, 0.05) is 73.4 Å². The Kier molecular flexibility index (Phi) is 14.4. The van der Waals surface area contributed by atoms with E-state index in [0.717, 1.165) is 83.1 Å². The number of likely N-dealkylation sites (tertiary alicyclic amines) is 2. The van der Waals surface area contributed by atoms with Crippen LogP contribution in [-0.2, 0) is 20.9 Å². The number of aromatic hydroxyl groups is 1. The van der Waals surface area contributed by atoms with E-state index in [1.807, 2.05) is 6.92 Å². The Morgan fingerprint density at radius 3 is 2.48 bits per heavy atom. The lowest BCUT2D eigenvalue weighted by Gasteiger charge is -2.52. The third-order valence-corrected chi connectivity index (χ3v) is 19.6. The first-order valence-electron chi connectivity index (χ1n) is 29.7. The van der Waals surface area contributed by atoms with E-state index >= 15 is 17.6 Å². The van der Waals surface area contributed by atoms with E-state index in [4.69, 9.17) is 21.1 Å². The predicted molar refractivity (Wildman–Crippen MR) is 302 cm³/mol. The predicted octanol–water partition coefficient (Wildman–Crippen LogP) is 8.31. The molecule has 4 amide bonds. The quantitative estimate of drug-likeness (QED) is 0.0336. The van der Waals surface area contributed by atoms with E-state index in [0.29, 0.717) is 86.0 Å². The summed E-state index contributed by atoms with van der Waals surface area (Å²) in [5, 5.41) is 17.4. The molecule has 7 fully saturated rings. The topological polar surface area (TPSA) is 187 Å². The van der Waals surface area contributed by atoms with Crippen LogP contribution in [0.4, 0.5) is 23.4 Å². The molecular formula is C63H68F4N10O6. The number of halogens is 4. The minimum atomic E-state index is -0.829. The average molecular weight is 1140 g/mol. The first-order valence-corrected chi connectivity index (χ1v) is 29.7. The van der Waals surface area contributed by atoms with Crippen LogP contribution in [0.1, 0.15) is 136 Å². The van der Waals surface area contributed by atoms with Crippen LogP contribution in [0.2, 0.25) is 0 Å². The van der Waals surface area contributed by atoms with Gasteiger partial charge in [0.2, 0.25) is 17.7 Å². The monoisotopic (exact) mass is 1140 g/mol. The highest BCUT2D eigenvalue weighted by molar-refractivity contribution is 6.06. The normalized spacial score (nSPS) is 25.3. The second-order valence-corrected chi connectivity index (χ2v) is 24.5. The Labute approximate surface area is 479 Å². The number of carbonyl (C=O) groups is 4. The molecule has 20 heteroatoms. The molecule has 434 valence electrons. The van der Waals surface area contributed by atoms with Crippen molar-refractivity contribution in [2.45, 2.75) is 145 Å². The number of fused-ring (bicyclic) bond motifs is 4. The van der Waals surface area contributed by atoms with E-state index in [1.54, 1.807) is 6.07 Å². The molecule has 0 saturated carbocycles. The van der Waals surface area contributed by atoms with Crippen LogP contribution in [0, 0.1) is 29.8 Å². The smallest absolute Gasteiger partial charge is 0.319 e. The molecule has 3 N–H and O–H groups in total. The average Bonchev–Trinajstić information content (AvgIpc) is 3.27. The Hall–Kier alpha value is -7.21. The van der Waals surface area contributed by atoms with Crippen LogP contribution < -0.4 is 20.3 Å². The standard InChI is InChI=1S/C63H68F4N10O6/c1-3-42-48(65)11-10-38-27-41(78)29-45(52(38)42)55-53(67)56-46(32-68-55)57(74-25-18-62(19-26-74)16-5-7-22-77(62)60(82)54-36(2)69-54)72-61(71-56)83-35-63-17-8-21-75(63)33-40(31-63)47(64)9-4-6-20-73-23-14-37(15-24-73)43-28-39-34-76(59(81)44(39)30-49(43)66)50-12-13-51(79)70-58(50)80/h1,10-11,27-30,32,36-37,50,54,69,78H,4-9,12-26,31,33-35H2,2H3,(H,70,79,80)/b47-40+/t36-,50?,54+,63-/m0/s1. The molecule has 0 aliphatic carbocycles. The summed E-state index contributed by atoms with van der Waals surface area (Å²) in [6.45, 7) is 7.66. The minimum Gasteiger partial charge on any atom is -0.508 e. The number of carbonyl (C=O) groups excluding carboxylic acids is 4. The maximum Gasteiger partial charge on any atom is 0.319 e. The molecule has 83 heavy (non-hydrogen) atoms. The van der Waals surface area contributed by atoms with Gasteiger partial charge >= 0.3 is 6.01 Å². The molecule has 8 aliphatic heterocycles. The van der Waals surface area contributed by atoms with E-state index in [-0.39, 0.29) is 112 Å². The zero-order valence-corrected chi connectivity index (χ0v) is 46.7. The van der Waals surface area contributed by atoms with Crippen molar-refractivity contribution in [1.29, 1.82) is 0 Å². The van der Waals surface area contributed by atoms with Gasteiger partial charge in [0.1, 0.15) is 58.9 Å². The number of phenolic OH excluding ortho intramolecular Hbond substituents is 1. The highest BCUT2D eigenvalue weighted by Crippen LogP contribution is 2.46. The number of aromatic nitrogens is 3. The Morgan fingerprint density at radius 1 is 0.904 bits per heavy atom. The highest BCUT2D eigenvalue weighted by atomic mass is 19.1. The molecule has 1 spiro atoms. The lowest BCUT2D eigenvalue weighted by atomic mass is 9.78. The van der Waals surface area contributed by atoms with Gasteiger partial charge in [-0.2, -0.15) is 9.97 Å². The first kappa shape index (κ1) is 55.0. The van der Waals surface area contributed by atoms with E-state index in [9.17, 15) is 24.3 Å². The van der Waals surface area contributed by atoms with Gasteiger partial charge in [-0.15, -0.1) is 6.42 Å². The van der Waals surface area contributed by atoms with Gasteiger partial charge in [0.15, 0.2) is 5.82 Å². The van der Waals surface area contributed by atoms with Gasteiger partial charge in [-0.1, -0.05) is 18.1 Å². The molecule has 1 unspecified atom stereocenters. The molecule has 3 aromatic carbocycles. The van der Waals surface area contributed by atoms with Crippen molar-refractivity contribution in [3.05, 3.63) is 93.7 Å². The molecular weight excluding hydrogens is 1070 g/mol. The number of piperidine rings is 4. The number of nitrogens with one attached hydrogen (secondary N) is 2. The number of allylic oxidation sites excluding steroid dienone is 1. The molecule has 8 aliphatic rings. The molecule has 5 aromatic rings. The number of ether oxygens (including phenoxy) is 1. The number of hydrogen-bond donors (Lipinski definition) is 3. The van der Waals surface area contributed by atoms with Gasteiger partial charge in [0.05, 0.1) is 16.5 Å². The van der Waals surface area contributed by atoms with Gasteiger partial charge in [-0.25, -0.2) is 17.6 Å². The number of unbranched alkanes of at least 4 members (excludes halogenated alkanes) is 1. The zero-order chi connectivity index (χ0) is 57.5. The number of imide groups is 1. The van der Waals surface area contributed by atoms with Crippen LogP contribution in [0.15, 0.2) is 54.0 Å². The summed E-state index contributed by atoms with van der Waals surface area (Å²) in [5.41, 5.74) is 1.19. The summed E-state index contributed by atoms with van der Waals surface area (Å²) in [7, 11) is 0. The third-order valence-electron chi connectivity index (χ3n) is 19.6. The fourth-order valence-corrected chi connectivity index (χ4v) is 14.9. The van der Waals surface area contributed by atoms with Crippen molar-refractivity contribution in [1.82, 2.24) is 45.2 Å². The number of terminal acetylenes is 1. The van der Waals surface area contributed by atoms with Crippen LogP contribution in [0.3, 0.4) is 0 Å². The summed E-state index contributed by atoms with van der Waals surface area (Å²) in [5.74, 6) is -0.527. The number of rotatable bonds is 13. The SMILES string of the molecule is C#Cc1c(F)ccc2cc(O)cc(-c3ncc4c(N5CCC6(CCCCN6C(=O)[C@@H]6N[C@H]6C)CC5)nc(OC[C@@]56CCCN5C/C(=C(/F)CCCCN5CCC(c7cc8c(cc7F)C(=O)N(C7CCC(=O)NC7=O)C8)CC5)C6)nc4c3F)c12. The van der Waals surface area contributed by atoms with Crippen LogP contribution in [-0.4, -0.2) is 151 Å². The van der Waals surface area contributed by atoms with Crippen LogP contribution >= 0.6 is 0 Å². The zero-order valence-electron chi connectivity index (χ0n) is 46.7. The van der Waals surface area contributed by atoms with E-state index in [1.165, 1.54) is 41.4 Å². The van der Waals surface area contributed by atoms with Crippen molar-refractivity contribution < 1.29 is 46.6 Å². The maximum atomic E-state index is 17.6. The van der Waals surface area contributed by atoms with Crippen molar-refractivity contribution in [3.63, 3.8) is 0 Å².